The molecule has 0 aliphatic carbocycles. The molecule has 1 aromatic carbocycles. The maximum absolute atomic E-state index is 13.1. The molecule has 0 bridgehead atoms. The number of benzene rings is 1. The minimum Gasteiger partial charge on any atom is -0.396 e. The molecule has 0 spiro atoms. The maximum Gasteiger partial charge on any atom is 0.333 e. The van der Waals surface area contributed by atoms with Gasteiger partial charge in [-0.25, -0.2) is 4.79 Å². The number of halogens is 1. The molecule has 3 heterocycles. The lowest BCUT2D eigenvalue weighted by Gasteiger charge is -2.18. The summed E-state index contributed by atoms with van der Waals surface area (Å²) in [6, 6.07) is 12.0. The van der Waals surface area contributed by atoms with Gasteiger partial charge in [-0.05, 0) is 41.8 Å². The first-order valence-electron chi connectivity index (χ1n) is 10.0. The van der Waals surface area contributed by atoms with Gasteiger partial charge in [-0.2, -0.15) is 0 Å². The molecule has 9 nitrogen and oxygen atoms in total. The molecule has 4 unspecified atom stereocenters. The minimum atomic E-state index is -1.39. The van der Waals surface area contributed by atoms with Crippen LogP contribution in [0.3, 0.4) is 0 Å². The molecule has 1 aliphatic heterocycles. The minimum absolute atomic E-state index is 0.0989. The van der Waals surface area contributed by atoms with E-state index in [9.17, 15) is 19.8 Å². The van der Waals surface area contributed by atoms with E-state index < -0.39 is 35.8 Å². The lowest BCUT2D eigenvalue weighted by Crippen LogP contribution is -2.43. The van der Waals surface area contributed by atoms with Gasteiger partial charge in [-0.15, -0.1) is 0 Å². The molecule has 2 aromatic heterocycles. The Labute approximate surface area is 187 Å². The molecule has 0 saturated carbocycles. The second-order valence-corrected chi connectivity index (χ2v) is 7.97. The summed E-state index contributed by atoms with van der Waals surface area (Å²) < 4.78 is 7.63. The molecule has 0 amide bonds. The fourth-order valence-corrected chi connectivity index (χ4v) is 3.96. The zero-order chi connectivity index (χ0) is 22.8. The smallest absolute Gasteiger partial charge is 0.333 e. The van der Waals surface area contributed by atoms with Gasteiger partial charge in [-0.3, -0.25) is 18.9 Å². The SMILES string of the molecule is O=c1ccn(C2OC(CCO)C(O)C2O)c(=O)n1Cc1cc(-c2cccc(Cl)c2)ccn1. The lowest BCUT2D eigenvalue weighted by atomic mass is 10.1. The number of pyridine rings is 1. The van der Waals surface area contributed by atoms with Crippen LogP contribution in [-0.2, 0) is 11.3 Å². The first kappa shape index (κ1) is 22.4. The van der Waals surface area contributed by atoms with Crippen LogP contribution in [0.4, 0.5) is 0 Å². The van der Waals surface area contributed by atoms with Crippen molar-refractivity contribution in [2.75, 3.05) is 6.61 Å². The van der Waals surface area contributed by atoms with Crippen LogP contribution < -0.4 is 11.2 Å². The second-order valence-electron chi connectivity index (χ2n) is 7.53. The Balaban J connectivity index is 1.66. The Bertz CT molecular complexity index is 1230. The van der Waals surface area contributed by atoms with Crippen molar-refractivity contribution in [2.24, 2.45) is 0 Å². The number of aromatic nitrogens is 3. The first-order chi connectivity index (χ1) is 15.4. The van der Waals surface area contributed by atoms with Crippen LogP contribution in [0.2, 0.25) is 5.02 Å². The molecule has 1 fully saturated rings. The van der Waals surface area contributed by atoms with Crippen molar-refractivity contribution in [3.8, 4) is 11.1 Å². The highest BCUT2D eigenvalue weighted by Gasteiger charge is 2.43. The van der Waals surface area contributed by atoms with Crippen LogP contribution in [0.15, 0.2) is 64.4 Å². The van der Waals surface area contributed by atoms with Gasteiger partial charge in [0.25, 0.3) is 5.56 Å². The van der Waals surface area contributed by atoms with Crippen molar-refractivity contribution in [3.63, 3.8) is 0 Å². The number of hydrogen-bond donors (Lipinski definition) is 3. The summed E-state index contributed by atoms with van der Waals surface area (Å²) in [5.41, 5.74) is 0.914. The number of hydrogen-bond acceptors (Lipinski definition) is 7. The van der Waals surface area contributed by atoms with E-state index in [-0.39, 0.29) is 19.6 Å². The fraction of sp³-hybridized carbons (Fsp3) is 0.318. The Morgan fingerprint density at radius 1 is 1.06 bits per heavy atom. The predicted octanol–water partition coefficient (Wildman–Crippen LogP) is 0.775. The van der Waals surface area contributed by atoms with Gasteiger partial charge < -0.3 is 20.1 Å². The molecule has 10 heteroatoms. The van der Waals surface area contributed by atoms with E-state index in [0.717, 1.165) is 20.3 Å². The summed E-state index contributed by atoms with van der Waals surface area (Å²) >= 11 is 6.07. The van der Waals surface area contributed by atoms with Gasteiger partial charge in [0.2, 0.25) is 0 Å². The second kappa shape index (κ2) is 9.35. The number of rotatable bonds is 6. The zero-order valence-electron chi connectivity index (χ0n) is 16.9. The zero-order valence-corrected chi connectivity index (χ0v) is 17.7. The highest BCUT2D eigenvalue weighted by atomic mass is 35.5. The molecule has 4 atom stereocenters. The molecule has 3 aromatic rings. The molecule has 168 valence electrons. The highest BCUT2D eigenvalue weighted by Crippen LogP contribution is 2.29. The van der Waals surface area contributed by atoms with Crippen molar-refractivity contribution in [2.45, 2.75) is 37.5 Å². The standard InChI is InChI=1S/C22H22ClN3O6/c23-15-3-1-2-13(10-15)14-4-7-24-16(11-14)12-26-18(28)5-8-25(22(26)31)21-20(30)19(29)17(32-21)6-9-27/h1-5,7-8,10-11,17,19-21,27,29-30H,6,9,12H2. The number of nitrogens with zero attached hydrogens (tertiary/aromatic N) is 3. The summed E-state index contributed by atoms with van der Waals surface area (Å²) in [6.45, 7) is -0.345. The first-order valence-corrected chi connectivity index (χ1v) is 10.4. The number of aliphatic hydroxyl groups is 3. The van der Waals surface area contributed by atoms with Crippen molar-refractivity contribution in [1.29, 1.82) is 0 Å². The van der Waals surface area contributed by atoms with E-state index in [1.165, 1.54) is 12.3 Å². The van der Waals surface area contributed by atoms with Gasteiger partial charge >= 0.3 is 5.69 Å². The molecular formula is C22H22ClN3O6. The van der Waals surface area contributed by atoms with Crippen LogP contribution in [0.1, 0.15) is 18.3 Å². The maximum atomic E-state index is 13.1. The average Bonchev–Trinajstić information content (AvgIpc) is 3.06. The van der Waals surface area contributed by atoms with Gasteiger partial charge in [0.05, 0.1) is 18.3 Å². The summed E-state index contributed by atoms with van der Waals surface area (Å²) in [5, 5.41) is 30.2. The highest BCUT2D eigenvalue weighted by molar-refractivity contribution is 6.30. The third-order valence-electron chi connectivity index (χ3n) is 5.42. The summed E-state index contributed by atoms with van der Waals surface area (Å²) in [6.07, 6.45) is -1.77. The summed E-state index contributed by atoms with van der Waals surface area (Å²) in [5.74, 6) is 0. The van der Waals surface area contributed by atoms with Gasteiger partial charge in [-0.1, -0.05) is 23.7 Å². The third kappa shape index (κ3) is 4.38. The molecule has 0 radical (unpaired) electrons. The van der Waals surface area contributed by atoms with Crippen LogP contribution in [0.5, 0.6) is 0 Å². The van der Waals surface area contributed by atoms with Crippen molar-refractivity contribution >= 4 is 11.6 Å². The molecule has 32 heavy (non-hydrogen) atoms. The van der Waals surface area contributed by atoms with Crippen LogP contribution in [-0.4, -0.2) is 54.4 Å². The number of ether oxygens (including phenoxy) is 1. The fourth-order valence-electron chi connectivity index (χ4n) is 3.77. The normalized spacial score (nSPS) is 22.9. The van der Waals surface area contributed by atoms with Crippen molar-refractivity contribution < 1.29 is 20.1 Å². The monoisotopic (exact) mass is 459 g/mol. The van der Waals surface area contributed by atoms with E-state index in [1.807, 2.05) is 12.1 Å². The summed E-state index contributed by atoms with van der Waals surface area (Å²) in [4.78, 5) is 29.8. The predicted molar refractivity (Wildman–Crippen MR) is 116 cm³/mol. The van der Waals surface area contributed by atoms with Crippen LogP contribution in [0, 0.1) is 0 Å². The van der Waals surface area contributed by atoms with Crippen molar-refractivity contribution in [1.82, 2.24) is 14.1 Å². The quantitative estimate of drug-likeness (QED) is 0.497. The Kier molecular flexibility index (Phi) is 6.54. The Morgan fingerprint density at radius 2 is 1.84 bits per heavy atom. The lowest BCUT2D eigenvalue weighted by molar-refractivity contribution is -0.0458. The molecule has 1 saturated heterocycles. The van der Waals surface area contributed by atoms with Crippen LogP contribution in [0.25, 0.3) is 11.1 Å². The molecule has 4 rings (SSSR count). The molecule has 1 aliphatic rings. The largest absolute Gasteiger partial charge is 0.396 e. The van der Waals surface area contributed by atoms with E-state index >= 15 is 0 Å². The van der Waals surface area contributed by atoms with Crippen molar-refractivity contribution in [3.05, 3.63) is 86.4 Å². The van der Waals surface area contributed by atoms with E-state index in [4.69, 9.17) is 21.4 Å². The Hall–Kier alpha value is -2.82. The molecule has 3 N–H and O–H groups in total. The topological polar surface area (TPSA) is 127 Å². The van der Waals surface area contributed by atoms with Gasteiger partial charge in [0.1, 0.15) is 12.2 Å². The van der Waals surface area contributed by atoms with Gasteiger partial charge in [0, 0.05) is 30.1 Å². The van der Waals surface area contributed by atoms with Crippen LogP contribution >= 0.6 is 11.6 Å². The van der Waals surface area contributed by atoms with E-state index in [1.54, 1.807) is 30.5 Å². The van der Waals surface area contributed by atoms with Gasteiger partial charge in [0.15, 0.2) is 6.23 Å². The number of aliphatic hydroxyl groups excluding tert-OH is 3. The third-order valence-corrected chi connectivity index (χ3v) is 5.65. The van der Waals surface area contributed by atoms with E-state index in [2.05, 4.69) is 4.98 Å². The Morgan fingerprint density at radius 3 is 2.59 bits per heavy atom. The van der Waals surface area contributed by atoms with E-state index in [0.29, 0.717) is 10.7 Å². The summed E-state index contributed by atoms with van der Waals surface area (Å²) in [7, 11) is 0. The molecular weight excluding hydrogens is 438 g/mol. The average molecular weight is 460 g/mol.